The van der Waals surface area contributed by atoms with Crippen molar-refractivity contribution in [3.05, 3.63) is 47.4 Å². The molecule has 0 fully saturated rings. The summed E-state index contributed by atoms with van der Waals surface area (Å²) in [5, 5.41) is 6.32. The summed E-state index contributed by atoms with van der Waals surface area (Å²) in [5.74, 6) is -0.291. The summed E-state index contributed by atoms with van der Waals surface area (Å²) in [4.78, 5) is 13.9. The van der Waals surface area contributed by atoms with Crippen molar-refractivity contribution in [2.24, 2.45) is 0 Å². The summed E-state index contributed by atoms with van der Waals surface area (Å²) >= 11 is 0. The number of aromatic amines is 1. The molecule has 0 aliphatic rings. The number of nitrogens with two attached hydrogens (primary N) is 1. The van der Waals surface area contributed by atoms with Gasteiger partial charge in [-0.25, -0.2) is 4.39 Å². The quantitative estimate of drug-likeness (QED) is 0.879. The third kappa shape index (κ3) is 3.14. The second kappa shape index (κ2) is 6.18. The zero-order valence-corrected chi connectivity index (χ0v) is 11.3. The molecule has 1 heterocycles. The van der Waals surface area contributed by atoms with Crippen molar-refractivity contribution in [1.29, 1.82) is 0 Å². The molecule has 6 heteroatoms. The molecule has 0 saturated carbocycles. The second-order valence-electron chi connectivity index (χ2n) is 4.52. The van der Waals surface area contributed by atoms with Crippen LogP contribution in [-0.2, 0) is 6.54 Å². The lowest BCUT2D eigenvalue weighted by molar-refractivity contribution is 0.0735. The number of carbonyl (C=O) groups is 1. The number of rotatable bonds is 5. The van der Waals surface area contributed by atoms with Crippen LogP contribution >= 0.6 is 0 Å². The van der Waals surface area contributed by atoms with E-state index in [1.54, 1.807) is 23.1 Å². The maximum absolute atomic E-state index is 13.7. The third-order valence-electron chi connectivity index (χ3n) is 2.93. The molecule has 0 bridgehead atoms. The molecule has 1 amide bonds. The minimum absolute atomic E-state index is 0.221. The number of nitrogen functional groups attached to an aromatic ring is 1. The number of hydrogen-bond donors (Lipinski definition) is 2. The Kier molecular flexibility index (Phi) is 4.34. The molecule has 0 unspecified atom stereocenters. The number of nitrogens with one attached hydrogen (secondary N) is 1. The Morgan fingerprint density at radius 3 is 2.80 bits per heavy atom. The Balaban J connectivity index is 2.19. The van der Waals surface area contributed by atoms with Crippen LogP contribution in [0.3, 0.4) is 0 Å². The second-order valence-corrected chi connectivity index (χ2v) is 4.52. The molecule has 0 atom stereocenters. The smallest absolute Gasteiger partial charge is 0.272 e. The van der Waals surface area contributed by atoms with Crippen LogP contribution in [0.15, 0.2) is 30.3 Å². The molecule has 3 N–H and O–H groups in total. The highest BCUT2D eigenvalue weighted by atomic mass is 19.1. The van der Waals surface area contributed by atoms with E-state index in [0.717, 1.165) is 6.42 Å². The molecule has 5 nitrogen and oxygen atoms in total. The van der Waals surface area contributed by atoms with Crippen LogP contribution in [0.4, 0.5) is 10.2 Å². The van der Waals surface area contributed by atoms with Gasteiger partial charge in [-0.2, -0.15) is 5.10 Å². The Bertz CT molecular complexity index is 596. The van der Waals surface area contributed by atoms with E-state index in [1.807, 2.05) is 6.92 Å². The molecule has 2 aromatic rings. The summed E-state index contributed by atoms with van der Waals surface area (Å²) < 4.78 is 13.7. The van der Waals surface area contributed by atoms with Crippen molar-refractivity contribution in [2.45, 2.75) is 19.9 Å². The maximum atomic E-state index is 13.7. The van der Waals surface area contributed by atoms with Crippen molar-refractivity contribution in [3.63, 3.8) is 0 Å². The van der Waals surface area contributed by atoms with Crippen LogP contribution in [0.25, 0.3) is 0 Å². The van der Waals surface area contributed by atoms with Gasteiger partial charge >= 0.3 is 0 Å². The first-order chi connectivity index (χ1) is 9.61. The summed E-state index contributed by atoms with van der Waals surface area (Å²) in [5.41, 5.74) is 6.29. The monoisotopic (exact) mass is 276 g/mol. The van der Waals surface area contributed by atoms with Gasteiger partial charge in [0.05, 0.1) is 0 Å². The summed E-state index contributed by atoms with van der Waals surface area (Å²) in [7, 11) is 0. The van der Waals surface area contributed by atoms with Gasteiger partial charge in [-0.1, -0.05) is 25.1 Å². The number of H-pyrrole nitrogens is 1. The van der Waals surface area contributed by atoms with E-state index in [2.05, 4.69) is 10.2 Å². The van der Waals surface area contributed by atoms with Crippen LogP contribution in [-0.4, -0.2) is 27.5 Å². The SMILES string of the molecule is CCCN(Cc1ccccc1F)C(=O)c1cc(N)n[nH]1. The van der Waals surface area contributed by atoms with E-state index in [1.165, 1.54) is 12.1 Å². The van der Waals surface area contributed by atoms with Crippen LogP contribution in [0, 0.1) is 5.82 Å². The molecular formula is C14H17FN4O. The predicted octanol–water partition coefficient (Wildman–Crippen LogP) is 2.18. The number of halogens is 1. The molecule has 1 aromatic heterocycles. The topological polar surface area (TPSA) is 75.0 Å². The van der Waals surface area contributed by atoms with Gasteiger partial charge in [0.2, 0.25) is 0 Å². The van der Waals surface area contributed by atoms with Crippen molar-refractivity contribution >= 4 is 11.7 Å². The standard InChI is InChI=1S/C14H17FN4O/c1-2-7-19(9-10-5-3-4-6-11(10)15)14(20)12-8-13(16)18-17-12/h3-6,8H,2,7,9H2,1H3,(H3,16,17,18). The fourth-order valence-corrected chi connectivity index (χ4v) is 1.97. The zero-order valence-electron chi connectivity index (χ0n) is 11.3. The number of aromatic nitrogens is 2. The van der Waals surface area contributed by atoms with Gasteiger partial charge in [0.1, 0.15) is 17.3 Å². The first-order valence-electron chi connectivity index (χ1n) is 6.45. The van der Waals surface area contributed by atoms with Gasteiger partial charge in [-0.3, -0.25) is 9.89 Å². The van der Waals surface area contributed by atoms with E-state index in [4.69, 9.17) is 5.73 Å². The van der Waals surface area contributed by atoms with Gasteiger partial charge in [0, 0.05) is 24.7 Å². The Hall–Kier alpha value is -2.37. The lowest BCUT2D eigenvalue weighted by atomic mass is 10.2. The minimum atomic E-state index is -0.314. The molecule has 2 rings (SSSR count). The third-order valence-corrected chi connectivity index (χ3v) is 2.93. The molecule has 0 saturated heterocycles. The van der Waals surface area contributed by atoms with Crippen LogP contribution in [0.1, 0.15) is 29.4 Å². The number of nitrogens with zero attached hydrogens (tertiary/aromatic N) is 2. The summed E-state index contributed by atoms with van der Waals surface area (Å²) in [6.07, 6.45) is 0.782. The molecule has 106 valence electrons. The van der Waals surface area contributed by atoms with Crippen molar-refractivity contribution in [2.75, 3.05) is 12.3 Å². The van der Waals surface area contributed by atoms with Crippen LogP contribution in [0.5, 0.6) is 0 Å². The molecule has 20 heavy (non-hydrogen) atoms. The maximum Gasteiger partial charge on any atom is 0.272 e. The van der Waals surface area contributed by atoms with Crippen molar-refractivity contribution in [1.82, 2.24) is 15.1 Å². The molecular weight excluding hydrogens is 259 g/mol. The van der Waals surface area contributed by atoms with Gasteiger partial charge in [-0.15, -0.1) is 0 Å². The molecule has 1 aromatic carbocycles. The van der Waals surface area contributed by atoms with Gasteiger partial charge in [0.25, 0.3) is 5.91 Å². The predicted molar refractivity (Wildman–Crippen MR) is 74.4 cm³/mol. The molecule has 0 aliphatic carbocycles. The highest BCUT2D eigenvalue weighted by Gasteiger charge is 2.18. The molecule has 0 radical (unpaired) electrons. The lowest BCUT2D eigenvalue weighted by Crippen LogP contribution is -2.31. The first-order valence-corrected chi connectivity index (χ1v) is 6.45. The number of hydrogen-bond acceptors (Lipinski definition) is 3. The summed E-state index contributed by atoms with van der Waals surface area (Å²) in [6.45, 7) is 2.72. The Morgan fingerprint density at radius 2 is 2.20 bits per heavy atom. The van der Waals surface area contributed by atoms with E-state index in [-0.39, 0.29) is 24.1 Å². The van der Waals surface area contributed by atoms with Gasteiger partial charge in [0.15, 0.2) is 0 Å². The van der Waals surface area contributed by atoms with Gasteiger partial charge < -0.3 is 10.6 Å². The van der Waals surface area contributed by atoms with Gasteiger partial charge in [-0.05, 0) is 12.5 Å². The van der Waals surface area contributed by atoms with E-state index < -0.39 is 0 Å². The Morgan fingerprint density at radius 1 is 1.45 bits per heavy atom. The van der Waals surface area contributed by atoms with E-state index in [0.29, 0.717) is 17.8 Å². The van der Waals surface area contributed by atoms with E-state index in [9.17, 15) is 9.18 Å². The fourth-order valence-electron chi connectivity index (χ4n) is 1.97. The highest BCUT2D eigenvalue weighted by molar-refractivity contribution is 5.92. The molecule has 0 spiro atoms. The largest absolute Gasteiger partial charge is 0.382 e. The zero-order chi connectivity index (χ0) is 14.5. The normalized spacial score (nSPS) is 10.5. The fraction of sp³-hybridized carbons (Fsp3) is 0.286. The number of amides is 1. The van der Waals surface area contributed by atoms with Crippen LogP contribution < -0.4 is 5.73 Å². The number of benzene rings is 1. The lowest BCUT2D eigenvalue weighted by Gasteiger charge is -2.21. The van der Waals surface area contributed by atoms with E-state index >= 15 is 0 Å². The number of carbonyl (C=O) groups excluding carboxylic acids is 1. The summed E-state index contributed by atoms with van der Waals surface area (Å²) in [6, 6.07) is 7.92. The minimum Gasteiger partial charge on any atom is -0.382 e. The number of anilines is 1. The average molecular weight is 276 g/mol. The van der Waals surface area contributed by atoms with Crippen molar-refractivity contribution < 1.29 is 9.18 Å². The molecule has 0 aliphatic heterocycles. The highest BCUT2D eigenvalue weighted by Crippen LogP contribution is 2.13. The van der Waals surface area contributed by atoms with Crippen molar-refractivity contribution in [3.8, 4) is 0 Å². The average Bonchev–Trinajstić information content (AvgIpc) is 2.86. The first kappa shape index (κ1) is 14.0. The van der Waals surface area contributed by atoms with Crippen LogP contribution in [0.2, 0.25) is 0 Å². The Labute approximate surface area is 116 Å².